The summed E-state index contributed by atoms with van der Waals surface area (Å²) in [5.74, 6) is -12.5. The average Bonchev–Trinajstić information content (AvgIpc) is 2.12. The highest BCUT2D eigenvalue weighted by Crippen LogP contribution is 2.51. The van der Waals surface area contributed by atoms with Crippen molar-refractivity contribution in [2.24, 2.45) is 0 Å². The minimum atomic E-state index is -7.02. The van der Waals surface area contributed by atoms with E-state index in [1.165, 1.54) is 0 Å². The van der Waals surface area contributed by atoms with Crippen molar-refractivity contribution in [3.8, 4) is 0 Å². The van der Waals surface area contributed by atoms with Gasteiger partial charge < -0.3 is 0 Å². The van der Waals surface area contributed by atoms with Crippen LogP contribution in [0.15, 0.2) is 12.2 Å². The normalized spacial score (nSPS) is 18.4. The summed E-state index contributed by atoms with van der Waals surface area (Å²) in [6.07, 6.45) is -20.7. The zero-order valence-electron chi connectivity index (χ0n) is 9.22. The van der Waals surface area contributed by atoms with E-state index in [4.69, 9.17) is 0 Å². The summed E-state index contributed by atoms with van der Waals surface area (Å²) in [5, 5.41) is 0. The number of halogens is 11. The molecule has 12 heteroatoms. The fourth-order valence-corrected chi connectivity index (χ4v) is 0.816. The molecule has 0 spiro atoms. The smallest absolute Gasteiger partial charge is 0.266 e. The van der Waals surface area contributed by atoms with Gasteiger partial charge in [0, 0.05) is 0 Å². The summed E-state index contributed by atoms with van der Waals surface area (Å²) in [5.41, 5.74) is 0. The molecule has 0 aliphatic rings. The largest absolute Gasteiger partial charge is 0.462 e. The summed E-state index contributed by atoms with van der Waals surface area (Å²) in [7, 11) is 0. The molecule has 0 aromatic rings. The maximum absolute atomic E-state index is 13.1. The van der Waals surface area contributed by atoms with Gasteiger partial charge >= 0.3 is 30.2 Å². The first-order valence-electron chi connectivity index (χ1n) is 4.44. The van der Waals surface area contributed by atoms with Crippen LogP contribution in [-0.4, -0.2) is 30.2 Å². The lowest BCUT2D eigenvalue weighted by atomic mass is 10.2. The Morgan fingerprint density at radius 2 is 1.10 bits per heavy atom. The van der Waals surface area contributed by atoms with Crippen LogP contribution in [0.1, 0.15) is 6.92 Å². The lowest BCUT2D eigenvalue weighted by Gasteiger charge is -2.33. The number of hydrogen-bond donors (Lipinski definition) is 0. The zero-order chi connectivity index (χ0) is 16.6. The maximum Gasteiger partial charge on any atom is 0.462 e. The van der Waals surface area contributed by atoms with Crippen molar-refractivity contribution < 1.29 is 53.0 Å². The summed E-state index contributed by atoms with van der Waals surface area (Å²) in [6, 6.07) is 0. The van der Waals surface area contributed by atoms with Crippen molar-refractivity contribution in [2.75, 3.05) is 0 Å². The van der Waals surface area contributed by atoms with E-state index in [9.17, 15) is 48.3 Å². The molecular formula is C8H5F11O. The molecular weight excluding hydrogens is 321 g/mol. The molecule has 120 valence electrons. The van der Waals surface area contributed by atoms with Crippen LogP contribution < -0.4 is 0 Å². The Balaban J connectivity index is 5.66. The third-order valence-corrected chi connectivity index (χ3v) is 1.77. The number of allylic oxidation sites excluding steroid dienone is 1. The molecule has 20 heavy (non-hydrogen) atoms. The van der Waals surface area contributed by atoms with E-state index in [0.29, 0.717) is 6.92 Å². The molecule has 0 saturated carbocycles. The van der Waals surface area contributed by atoms with Crippen molar-refractivity contribution in [2.45, 2.75) is 37.2 Å². The fourth-order valence-electron chi connectivity index (χ4n) is 0.816. The minimum absolute atomic E-state index is 0.148. The average molecular weight is 326 g/mol. The van der Waals surface area contributed by atoms with Gasteiger partial charge in [0.05, 0.1) is 0 Å². The zero-order valence-corrected chi connectivity index (χ0v) is 9.22. The van der Waals surface area contributed by atoms with Gasteiger partial charge in [0.15, 0.2) is 0 Å². The van der Waals surface area contributed by atoms with Crippen LogP contribution in [0, 0.1) is 0 Å². The first-order chi connectivity index (χ1) is 8.52. The van der Waals surface area contributed by atoms with Crippen molar-refractivity contribution in [1.82, 2.24) is 0 Å². The van der Waals surface area contributed by atoms with Gasteiger partial charge in [-0.05, 0) is 13.0 Å². The third kappa shape index (κ3) is 3.33. The minimum Gasteiger partial charge on any atom is -0.266 e. The van der Waals surface area contributed by atoms with Crippen LogP contribution in [0.25, 0.3) is 0 Å². The Bertz CT molecular complexity index is 366. The molecule has 0 fully saturated rings. The van der Waals surface area contributed by atoms with Gasteiger partial charge in [0.2, 0.25) is 0 Å². The summed E-state index contributed by atoms with van der Waals surface area (Å²) in [4.78, 5) is 0. The van der Waals surface area contributed by atoms with Crippen LogP contribution in [-0.2, 0) is 4.74 Å². The first-order valence-corrected chi connectivity index (χ1v) is 4.44. The first kappa shape index (κ1) is 18.9. The summed E-state index contributed by atoms with van der Waals surface area (Å²) >= 11 is 0. The molecule has 0 bridgehead atoms. The second-order valence-corrected chi connectivity index (χ2v) is 3.33. The van der Waals surface area contributed by atoms with Crippen LogP contribution in [0.4, 0.5) is 48.3 Å². The Labute approximate surface area is 104 Å². The number of alkyl halides is 11. The second kappa shape index (κ2) is 5.04. The topological polar surface area (TPSA) is 9.23 Å². The number of ether oxygens (including phenoxy) is 1. The molecule has 0 aromatic heterocycles. The summed E-state index contributed by atoms with van der Waals surface area (Å²) in [6.45, 7) is 0.670. The van der Waals surface area contributed by atoms with E-state index in [1.807, 2.05) is 0 Å². The predicted molar refractivity (Wildman–Crippen MR) is 41.7 cm³/mol. The van der Waals surface area contributed by atoms with Crippen molar-refractivity contribution in [1.29, 1.82) is 0 Å². The molecule has 0 rings (SSSR count). The molecule has 0 aliphatic carbocycles. The highest BCUT2D eigenvalue weighted by Gasteiger charge is 2.77. The Hall–Kier alpha value is -1.07. The van der Waals surface area contributed by atoms with E-state index in [-0.39, 0.29) is 6.08 Å². The van der Waals surface area contributed by atoms with Crippen molar-refractivity contribution >= 4 is 0 Å². The van der Waals surface area contributed by atoms with E-state index < -0.39 is 36.3 Å². The van der Waals surface area contributed by atoms with Gasteiger partial charge in [-0.2, -0.15) is 48.3 Å². The number of rotatable bonds is 4. The lowest BCUT2D eigenvalue weighted by molar-refractivity contribution is -0.473. The molecule has 0 aromatic carbocycles. The molecule has 0 N–H and O–H groups in total. The van der Waals surface area contributed by atoms with Crippen LogP contribution in [0.2, 0.25) is 0 Å². The van der Waals surface area contributed by atoms with Gasteiger partial charge in [-0.15, -0.1) is 0 Å². The molecule has 0 aliphatic heterocycles. The standard InChI is InChI=1S/C8H5F11O/c1-2-3-4(9,6(12,13)14)20-8(18,19)5(10,11)7(15,16)17/h2-3H,1H3/b3-2-/t4-/m0/s1. The Morgan fingerprint density at radius 3 is 1.35 bits per heavy atom. The van der Waals surface area contributed by atoms with Gasteiger partial charge in [-0.1, -0.05) is 6.08 Å². The van der Waals surface area contributed by atoms with Crippen molar-refractivity contribution in [3.05, 3.63) is 12.2 Å². The molecule has 0 radical (unpaired) electrons. The van der Waals surface area contributed by atoms with Crippen LogP contribution >= 0.6 is 0 Å². The molecule has 0 unspecified atom stereocenters. The predicted octanol–water partition coefficient (Wildman–Crippen LogP) is 4.60. The summed E-state index contributed by atoms with van der Waals surface area (Å²) < 4.78 is 136. The Kier molecular flexibility index (Phi) is 4.77. The highest BCUT2D eigenvalue weighted by molar-refractivity contribution is 5.01. The molecule has 1 nitrogen and oxygen atoms in total. The van der Waals surface area contributed by atoms with Crippen LogP contribution in [0.3, 0.4) is 0 Å². The molecule has 0 saturated heterocycles. The van der Waals surface area contributed by atoms with Crippen molar-refractivity contribution in [3.63, 3.8) is 0 Å². The Morgan fingerprint density at radius 1 is 0.700 bits per heavy atom. The monoisotopic (exact) mass is 326 g/mol. The van der Waals surface area contributed by atoms with E-state index >= 15 is 0 Å². The van der Waals surface area contributed by atoms with Crippen LogP contribution in [0.5, 0.6) is 0 Å². The molecule has 0 heterocycles. The van der Waals surface area contributed by atoms with Gasteiger partial charge in [0.25, 0.3) is 0 Å². The highest BCUT2D eigenvalue weighted by atomic mass is 19.4. The van der Waals surface area contributed by atoms with Gasteiger partial charge in [-0.3, -0.25) is 4.74 Å². The van der Waals surface area contributed by atoms with Gasteiger partial charge in [0.1, 0.15) is 0 Å². The fraction of sp³-hybridized carbons (Fsp3) is 0.750. The maximum atomic E-state index is 13.1. The van der Waals surface area contributed by atoms with Gasteiger partial charge in [-0.25, -0.2) is 0 Å². The van der Waals surface area contributed by atoms with E-state index in [1.54, 1.807) is 0 Å². The van der Waals surface area contributed by atoms with E-state index in [2.05, 4.69) is 4.74 Å². The molecule has 1 atom stereocenters. The lowest BCUT2D eigenvalue weighted by Crippen LogP contribution is -2.58. The second-order valence-electron chi connectivity index (χ2n) is 3.33. The number of hydrogen-bond acceptors (Lipinski definition) is 1. The third-order valence-electron chi connectivity index (χ3n) is 1.77. The SMILES string of the molecule is C/C=C\[C@](F)(OC(F)(F)C(F)(F)C(F)(F)F)C(F)(F)F. The quantitative estimate of drug-likeness (QED) is 0.542. The molecule has 0 amide bonds. The van der Waals surface area contributed by atoms with E-state index in [0.717, 1.165) is 0 Å².